The second-order valence-corrected chi connectivity index (χ2v) is 7.46. The zero-order valence-corrected chi connectivity index (χ0v) is 17.2. The van der Waals surface area contributed by atoms with Crippen molar-refractivity contribution in [3.63, 3.8) is 0 Å². The van der Waals surface area contributed by atoms with Gasteiger partial charge in [0.1, 0.15) is 4.88 Å². The smallest absolute Gasteiger partial charge is 0.309 e. The van der Waals surface area contributed by atoms with Gasteiger partial charge in [0.15, 0.2) is 10.9 Å². The molecule has 2 N–H and O–H groups in total. The summed E-state index contributed by atoms with van der Waals surface area (Å²) in [6.45, 7) is 3.32. The first kappa shape index (κ1) is 22.3. The van der Waals surface area contributed by atoms with E-state index in [0.717, 1.165) is 0 Å². The third kappa shape index (κ3) is 5.60. The molecule has 3 aromatic rings. The molecule has 1 unspecified atom stereocenters. The molecule has 0 radical (unpaired) electrons. The summed E-state index contributed by atoms with van der Waals surface area (Å²) in [7, 11) is 0. The standard InChI is InChI=1S/C19H17F3N6O2S/c1-3-16(29)27-15-9-24-13(7-25-15)12-4-11(5-23-6-12)10(2)17(30)28-18-26-8-14(31-18)19(20,21)22/h4-10H,3H2,1-2H3,(H,25,27,29)(H,26,28,30). The molecule has 0 aliphatic carbocycles. The van der Waals surface area contributed by atoms with Gasteiger partial charge >= 0.3 is 6.18 Å². The van der Waals surface area contributed by atoms with Crippen LogP contribution in [-0.2, 0) is 15.8 Å². The average molecular weight is 450 g/mol. The van der Waals surface area contributed by atoms with Gasteiger partial charge in [-0.1, -0.05) is 18.3 Å². The third-order valence-corrected chi connectivity index (χ3v) is 5.16. The van der Waals surface area contributed by atoms with Crippen molar-refractivity contribution >= 4 is 34.1 Å². The van der Waals surface area contributed by atoms with Crippen LogP contribution in [0.5, 0.6) is 0 Å². The van der Waals surface area contributed by atoms with Crippen LogP contribution in [0.15, 0.2) is 37.1 Å². The van der Waals surface area contributed by atoms with Gasteiger partial charge in [0.25, 0.3) is 0 Å². The topological polar surface area (TPSA) is 110 Å². The molecule has 0 fully saturated rings. The summed E-state index contributed by atoms with van der Waals surface area (Å²) in [5, 5.41) is 4.85. The highest BCUT2D eigenvalue weighted by Crippen LogP contribution is 2.35. The van der Waals surface area contributed by atoms with Crippen molar-refractivity contribution in [1.29, 1.82) is 0 Å². The largest absolute Gasteiger partial charge is 0.427 e. The van der Waals surface area contributed by atoms with Gasteiger partial charge in [-0.2, -0.15) is 13.2 Å². The van der Waals surface area contributed by atoms with Crippen molar-refractivity contribution in [2.75, 3.05) is 10.6 Å². The summed E-state index contributed by atoms with van der Waals surface area (Å²) >= 11 is 0.356. The zero-order chi connectivity index (χ0) is 22.6. The molecule has 0 bridgehead atoms. The number of carbonyl (C=O) groups is 2. The summed E-state index contributed by atoms with van der Waals surface area (Å²) < 4.78 is 38.1. The highest BCUT2D eigenvalue weighted by molar-refractivity contribution is 7.15. The van der Waals surface area contributed by atoms with Crippen molar-refractivity contribution in [2.45, 2.75) is 32.4 Å². The Balaban J connectivity index is 1.72. The number of alkyl halides is 3. The van der Waals surface area contributed by atoms with Crippen LogP contribution in [-0.4, -0.2) is 31.8 Å². The Morgan fingerprint density at radius 3 is 2.45 bits per heavy atom. The molecule has 8 nitrogen and oxygen atoms in total. The second-order valence-electron chi connectivity index (χ2n) is 6.43. The number of pyridine rings is 1. The molecular formula is C19H17F3N6O2S. The molecule has 0 saturated carbocycles. The van der Waals surface area contributed by atoms with Crippen LogP contribution in [0.2, 0.25) is 0 Å². The fourth-order valence-electron chi connectivity index (χ4n) is 2.44. The minimum absolute atomic E-state index is 0.135. The number of hydrogen-bond acceptors (Lipinski definition) is 7. The number of anilines is 2. The first-order chi connectivity index (χ1) is 14.7. The molecule has 162 valence electrons. The number of aromatic nitrogens is 4. The number of halogens is 3. The van der Waals surface area contributed by atoms with E-state index in [-0.39, 0.29) is 11.0 Å². The third-order valence-electron chi connectivity index (χ3n) is 4.20. The van der Waals surface area contributed by atoms with Crippen LogP contribution in [0, 0.1) is 0 Å². The van der Waals surface area contributed by atoms with E-state index in [1.807, 2.05) is 0 Å². The van der Waals surface area contributed by atoms with Gasteiger partial charge in [-0.3, -0.25) is 19.6 Å². The van der Waals surface area contributed by atoms with Gasteiger partial charge < -0.3 is 10.6 Å². The summed E-state index contributed by atoms with van der Waals surface area (Å²) in [6, 6.07) is 1.69. The predicted octanol–water partition coefficient (Wildman–Crippen LogP) is 4.10. The van der Waals surface area contributed by atoms with E-state index in [9.17, 15) is 22.8 Å². The predicted molar refractivity (Wildman–Crippen MR) is 108 cm³/mol. The van der Waals surface area contributed by atoms with Crippen molar-refractivity contribution in [2.24, 2.45) is 0 Å². The van der Waals surface area contributed by atoms with Gasteiger partial charge in [-0.25, -0.2) is 9.97 Å². The van der Waals surface area contributed by atoms with Gasteiger partial charge in [0.05, 0.1) is 30.2 Å². The Morgan fingerprint density at radius 1 is 1.06 bits per heavy atom. The molecule has 12 heteroatoms. The SMILES string of the molecule is CCC(=O)Nc1cnc(-c2cncc(C(C)C(=O)Nc3ncc(C(F)(F)F)s3)c2)cn1. The van der Waals surface area contributed by atoms with E-state index < -0.39 is 22.9 Å². The van der Waals surface area contributed by atoms with Crippen LogP contribution < -0.4 is 10.6 Å². The number of hydrogen-bond donors (Lipinski definition) is 2. The summed E-state index contributed by atoms with van der Waals surface area (Å²) in [5.41, 5.74) is 1.60. The molecule has 3 rings (SSSR count). The minimum Gasteiger partial charge on any atom is -0.309 e. The van der Waals surface area contributed by atoms with E-state index >= 15 is 0 Å². The van der Waals surface area contributed by atoms with Gasteiger partial charge in [-0.05, 0) is 18.6 Å². The van der Waals surface area contributed by atoms with E-state index in [1.165, 1.54) is 18.6 Å². The lowest BCUT2D eigenvalue weighted by atomic mass is 10.0. The normalized spacial score (nSPS) is 12.3. The maximum atomic E-state index is 12.7. The molecule has 3 heterocycles. The van der Waals surface area contributed by atoms with Gasteiger partial charge in [-0.15, -0.1) is 0 Å². The van der Waals surface area contributed by atoms with Crippen molar-refractivity contribution in [3.05, 3.63) is 47.5 Å². The van der Waals surface area contributed by atoms with E-state index in [0.29, 0.717) is 46.6 Å². The number of nitrogens with zero attached hydrogens (tertiary/aromatic N) is 4. The summed E-state index contributed by atoms with van der Waals surface area (Å²) in [4.78, 5) is 39.1. The molecule has 0 aliphatic rings. The lowest BCUT2D eigenvalue weighted by molar-refractivity contribution is -0.134. The second kappa shape index (κ2) is 9.16. The molecule has 0 saturated heterocycles. The number of nitrogens with one attached hydrogen (secondary N) is 2. The van der Waals surface area contributed by atoms with Gasteiger partial charge in [0.2, 0.25) is 11.8 Å². The number of carbonyl (C=O) groups excluding carboxylic acids is 2. The molecule has 0 spiro atoms. The van der Waals surface area contributed by atoms with Gasteiger partial charge in [0, 0.05) is 24.4 Å². The molecule has 0 aromatic carbocycles. The van der Waals surface area contributed by atoms with E-state index in [4.69, 9.17) is 0 Å². The fourth-order valence-corrected chi connectivity index (χ4v) is 3.12. The summed E-state index contributed by atoms with van der Waals surface area (Å²) in [5.74, 6) is -1.10. The summed E-state index contributed by atoms with van der Waals surface area (Å²) in [6.07, 6.45) is 2.38. The number of amides is 2. The lowest BCUT2D eigenvalue weighted by Gasteiger charge is -2.12. The van der Waals surface area contributed by atoms with Crippen LogP contribution in [0.25, 0.3) is 11.3 Å². The van der Waals surface area contributed by atoms with Crippen LogP contribution >= 0.6 is 11.3 Å². The molecule has 31 heavy (non-hydrogen) atoms. The maximum Gasteiger partial charge on any atom is 0.427 e. The van der Waals surface area contributed by atoms with Crippen LogP contribution in [0.4, 0.5) is 24.1 Å². The minimum atomic E-state index is -4.51. The molecule has 0 aliphatic heterocycles. The monoisotopic (exact) mass is 450 g/mol. The molecular weight excluding hydrogens is 433 g/mol. The molecule has 2 amide bonds. The Kier molecular flexibility index (Phi) is 6.59. The Bertz CT molecular complexity index is 1080. The molecule has 1 atom stereocenters. The zero-order valence-electron chi connectivity index (χ0n) is 16.4. The first-order valence-electron chi connectivity index (χ1n) is 9.08. The van der Waals surface area contributed by atoms with Crippen LogP contribution in [0.1, 0.15) is 36.6 Å². The Morgan fingerprint density at radius 2 is 1.84 bits per heavy atom. The first-order valence-corrected chi connectivity index (χ1v) is 9.90. The van der Waals surface area contributed by atoms with Crippen molar-refractivity contribution < 1.29 is 22.8 Å². The van der Waals surface area contributed by atoms with E-state index in [2.05, 4.69) is 30.6 Å². The molecule has 3 aromatic heterocycles. The quantitative estimate of drug-likeness (QED) is 0.585. The van der Waals surface area contributed by atoms with E-state index in [1.54, 1.807) is 26.1 Å². The number of rotatable bonds is 6. The average Bonchev–Trinajstić information content (AvgIpc) is 3.23. The van der Waals surface area contributed by atoms with Crippen LogP contribution in [0.3, 0.4) is 0 Å². The Hall–Kier alpha value is -3.41. The fraction of sp³-hybridized carbons (Fsp3) is 0.263. The number of thiazole rings is 1. The lowest BCUT2D eigenvalue weighted by Crippen LogP contribution is -2.19. The highest BCUT2D eigenvalue weighted by atomic mass is 32.1. The van der Waals surface area contributed by atoms with Crippen molar-refractivity contribution in [3.8, 4) is 11.3 Å². The Labute approximate surface area is 179 Å². The van der Waals surface area contributed by atoms with Crippen molar-refractivity contribution in [1.82, 2.24) is 19.9 Å². The maximum absolute atomic E-state index is 12.7. The highest BCUT2D eigenvalue weighted by Gasteiger charge is 2.33.